The third-order valence-corrected chi connectivity index (χ3v) is 5.30. The number of hydrogen-bond donors (Lipinski definition) is 1. The first kappa shape index (κ1) is 19.6. The van der Waals surface area contributed by atoms with Gasteiger partial charge in [0.2, 0.25) is 5.91 Å². The SMILES string of the molecule is CCN(CC)[C@H](CNC(=O)CN1CCSC1=O)c1cccc(OC)c1. The van der Waals surface area contributed by atoms with Crippen LogP contribution in [0.15, 0.2) is 24.3 Å². The van der Waals surface area contributed by atoms with Gasteiger partial charge < -0.3 is 15.0 Å². The highest BCUT2D eigenvalue weighted by molar-refractivity contribution is 8.13. The molecule has 6 nitrogen and oxygen atoms in total. The van der Waals surface area contributed by atoms with Gasteiger partial charge in [-0.05, 0) is 30.8 Å². The topological polar surface area (TPSA) is 61.9 Å². The number of likely N-dealkylation sites (N-methyl/N-ethyl adjacent to an activating group) is 1. The molecular formula is C18H27N3O3S. The van der Waals surface area contributed by atoms with E-state index in [1.807, 2.05) is 18.2 Å². The first-order valence-corrected chi connectivity index (χ1v) is 9.64. The summed E-state index contributed by atoms with van der Waals surface area (Å²) in [4.78, 5) is 27.8. The quantitative estimate of drug-likeness (QED) is 0.728. The molecule has 1 aliphatic heterocycles. The highest BCUT2D eigenvalue weighted by Crippen LogP contribution is 2.24. The van der Waals surface area contributed by atoms with Crippen molar-refractivity contribution in [2.75, 3.05) is 45.6 Å². The van der Waals surface area contributed by atoms with Gasteiger partial charge in [0.15, 0.2) is 0 Å². The summed E-state index contributed by atoms with van der Waals surface area (Å²) in [6.45, 7) is 7.27. The van der Waals surface area contributed by atoms with Crippen molar-refractivity contribution in [1.29, 1.82) is 0 Å². The molecule has 1 aliphatic rings. The van der Waals surface area contributed by atoms with E-state index in [-0.39, 0.29) is 23.7 Å². The molecule has 1 saturated heterocycles. The van der Waals surface area contributed by atoms with Crippen LogP contribution >= 0.6 is 11.8 Å². The molecular weight excluding hydrogens is 338 g/mol. The summed E-state index contributed by atoms with van der Waals surface area (Å²) in [6.07, 6.45) is 0. The molecule has 138 valence electrons. The van der Waals surface area contributed by atoms with Gasteiger partial charge in [-0.25, -0.2) is 0 Å². The van der Waals surface area contributed by atoms with E-state index >= 15 is 0 Å². The molecule has 1 atom stereocenters. The Balaban J connectivity index is 2.02. The van der Waals surface area contributed by atoms with Crippen LogP contribution in [0.3, 0.4) is 0 Å². The maximum Gasteiger partial charge on any atom is 0.282 e. The van der Waals surface area contributed by atoms with Crippen molar-refractivity contribution in [3.63, 3.8) is 0 Å². The number of rotatable bonds is 9. The minimum absolute atomic E-state index is 0.0109. The lowest BCUT2D eigenvalue weighted by Gasteiger charge is -2.30. The first-order chi connectivity index (χ1) is 12.1. The highest BCUT2D eigenvalue weighted by atomic mass is 32.2. The van der Waals surface area contributed by atoms with Crippen molar-refractivity contribution in [2.45, 2.75) is 19.9 Å². The van der Waals surface area contributed by atoms with Crippen LogP contribution in [0, 0.1) is 0 Å². The number of methoxy groups -OCH3 is 1. The van der Waals surface area contributed by atoms with E-state index in [0.717, 1.165) is 30.2 Å². The number of carbonyl (C=O) groups excluding carboxylic acids is 2. The largest absolute Gasteiger partial charge is 0.497 e. The van der Waals surface area contributed by atoms with Crippen LogP contribution in [0.25, 0.3) is 0 Å². The molecule has 1 fully saturated rings. The molecule has 1 heterocycles. The standard InChI is InChI=1S/C18H27N3O3S/c1-4-20(5-2)16(14-7-6-8-15(11-14)24-3)12-19-17(22)13-21-9-10-25-18(21)23/h6-8,11,16H,4-5,9-10,12-13H2,1-3H3,(H,19,22)/t16-/m1/s1. The summed E-state index contributed by atoms with van der Waals surface area (Å²) in [5.74, 6) is 1.45. The van der Waals surface area contributed by atoms with Gasteiger partial charge in [-0.15, -0.1) is 0 Å². The van der Waals surface area contributed by atoms with Crippen LogP contribution < -0.4 is 10.1 Å². The fraction of sp³-hybridized carbons (Fsp3) is 0.556. The van der Waals surface area contributed by atoms with E-state index in [9.17, 15) is 9.59 Å². The molecule has 1 aromatic carbocycles. The lowest BCUT2D eigenvalue weighted by Crippen LogP contribution is -2.42. The number of nitrogens with one attached hydrogen (secondary N) is 1. The molecule has 0 saturated carbocycles. The highest BCUT2D eigenvalue weighted by Gasteiger charge is 2.24. The number of amides is 2. The molecule has 0 bridgehead atoms. The van der Waals surface area contributed by atoms with Crippen LogP contribution in [-0.2, 0) is 4.79 Å². The van der Waals surface area contributed by atoms with Crippen LogP contribution in [0.4, 0.5) is 4.79 Å². The summed E-state index contributed by atoms with van der Waals surface area (Å²) < 4.78 is 5.33. The Bertz CT molecular complexity index is 593. The summed E-state index contributed by atoms with van der Waals surface area (Å²) in [7, 11) is 1.65. The van der Waals surface area contributed by atoms with Crippen LogP contribution in [0.1, 0.15) is 25.5 Å². The van der Waals surface area contributed by atoms with E-state index < -0.39 is 0 Å². The molecule has 0 radical (unpaired) electrons. The molecule has 0 aliphatic carbocycles. The zero-order chi connectivity index (χ0) is 18.2. The fourth-order valence-electron chi connectivity index (χ4n) is 2.98. The van der Waals surface area contributed by atoms with Gasteiger partial charge in [0, 0.05) is 18.8 Å². The van der Waals surface area contributed by atoms with Gasteiger partial charge in [0.25, 0.3) is 5.24 Å². The number of nitrogens with zero attached hydrogens (tertiary/aromatic N) is 2. The van der Waals surface area contributed by atoms with E-state index in [1.54, 1.807) is 12.0 Å². The Hall–Kier alpha value is -1.73. The van der Waals surface area contributed by atoms with Gasteiger partial charge in [-0.1, -0.05) is 37.7 Å². The van der Waals surface area contributed by atoms with Gasteiger partial charge >= 0.3 is 0 Å². The summed E-state index contributed by atoms with van der Waals surface area (Å²) >= 11 is 1.27. The Kier molecular flexibility index (Phi) is 7.58. The molecule has 25 heavy (non-hydrogen) atoms. The van der Waals surface area contributed by atoms with Gasteiger partial charge in [-0.2, -0.15) is 0 Å². The lowest BCUT2D eigenvalue weighted by molar-refractivity contribution is -0.121. The normalized spacial score (nSPS) is 15.5. The number of carbonyl (C=O) groups is 2. The number of ether oxygens (including phenoxy) is 1. The predicted octanol–water partition coefficient (Wildman–Crippen LogP) is 2.36. The monoisotopic (exact) mass is 365 g/mol. The van der Waals surface area contributed by atoms with Crippen LogP contribution in [-0.4, -0.2) is 66.5 Å². The van der Waals surface area contributed by atoms with Crippen molar-refractivity contribution in [1.82, 2.24) is 15.1 Å². The molecule has 0 spiro atoms. The second-order valence-corrected chi connectivity index (χ2v) is 6.90. The third kappa shape index (κ3) is 5.37. The maximum absolute atomic E-state index is 12.2. The zero-order valence-corrected chi connectivity index (χ0v) is 16.0. The van der Waals surface area contributed by atoms with Gasteiger partial charge in [0.05, 0.1) is 13.2 Å². The average Bonchev–Trinajstić information content (AvgIpc) is 3.03. The smallest absolute Gasteiger partial charge is 0.282 e. The molecule has 7 heteroatoms. The van der Waals surface area contributed by atoms with Gasteiger partial charge in [0.1, 0.15) is 12.3 Å². The van der Waals surface area contributed by atoms with Crippen molar-refractivity contribution < 1.29 is 14.3 Å². The lowest BCUT2D eigenvalue weighted by atomic mass is 10.0. The second kappa shape index (κ2) is 9.68. The summed E-state index contributed by atoms with van der Waals surface area (Å²) in [5, 5.41) is 2.98. The van der Waals surface area contributed by atoms with E-state index in [1.165, 1.54) is 11.8 Å². The third-order valence-electron chi connectivity index (χ3n) is 4.40. The summed E-state index contributed by atoms with van der Waals surface area (Å²) in [5.41, 5.74) is 1.11. The molecule has 1 aromatic rings. The van der Waals surface area contributed by atoms with E-state index in [0.29, 0.717) is 13.1 Å². The second-order valence-electron chi connectivity index (χ2n) is 5.85. The van der Waals surface area contributed by atoms with Crippen molar-refractivity contribution in [3.8, 4) is 5.75 Å². The van der Waals surface area contributed by atoms with E-state index in [4.69, 9.17) is 4.74 Å². The molecule has 0 unspecified atom stereocenters. The first-order valence-electron chi connectivity index (χ1n) is 8.65. The zero-order valence-electron chi connectivity index (χ0n) is 15.2. The average molecular weight is 365 g/mol. The molecule has 2 rings (SSSR count). The Morgan fingerprint density at radius 2 is 2.16 bits per heavy atom. The minimum Gasteiger partial charge on any atom is -0.497 e. The predicted molar refractivity (Wildman–Crippen MR) is 101 cm³/mol. The van der Waals surface area contributed by atoms with Crippen LogP contribution in [0.2, 0.25) is 0 Å². The van der Waals surface area contributed by atoms with Crippen molar-refractivity contribution >= 4 is 22.9 Å². The number of benzene rings is 1. The van der Waals surface area contributed by atoms with Crippen molar-refractivity contribution in [3.05, 3.63) is 29.8 Å². The number of thioether (sulfide) groups is 1. The fourth-order valence-corrected chi connectivity index (χ4v) is 3.80. The minimum atomic E-state index is -0.115. The van der Waals surface area contributed by atoms with E-state index in [2.05, 4.69) is 30.1 Å². The van der Waals surface area contributed by atoms with Crippen LogP contribution in [0.5, 0.6) is 5.75 Å². The van der Waals surface area contributed by atoms with Crippen molar-refractivity contribution in [2.24, 2.45) is 0 Å². The number of hydrogen-bond acceptors (Lipinski definition) is 5. The Morgan fingerprint density at radius 1 is 1.40 bits per heavy atom. The molecule has 2 amide bonds. The van der Waals surface area contributed by atoms with Gasteiger partial charge in [-0.3, -0.25) is 14.5 Å². The Labute approximate surface area is 153 Å². The Morgan fingerprint density at radius 3 is 2.76 bits per heavy atom. The molecule has 0 aromatic heterocycles. The maximum atomic E-state index is 12.2. The molecule has 1 N–H and O–H groups in total. The summed E-state index contributed by atoms with van der Waals surface area (Å²) in [6, 6.07) is 8.01.